The molecule has 6 rings (SSSR count). The van der Waals surface area contributed by atoms with Crippen LogP contribution in [-0.4, -0.2) is 25.9 Å². The van der Waals surface area contributed by atoms with Crippen molar-refractivity contribution < 1.29 is 9.31 Å². The molecule has 0 radical (unpaired) electrons. The fraction of sp³-hybridized carbons (Fsp3) is 0.400. The van der Waals surface area contributed by atoms with Crippen molar-refractivity contribution in [2.75, 3.05) is 5.32 Å². The molecular weight excluding hydrogens is 361 g/mol. The van der Waals surface area contributed by atoms with E-state index in [9.17, 15) is 14.5 Å². The zero-order valence-electron chi connectivity index (χ0n) is 15.2. The van der Waals surface area contributed by atoms with Gasteiger partial charge in [0.25, 0.3) is 5.69 Å². The normalized spacial score (nSPS) is 23.8. The second-order valence-corrected chi connectivity index (χ2v) is 7.82. The summed E-state index contributed by atoms with van der Waals surface area (Å²) in [6.07, 6.45) is 8.78. The third-order valence-electron chi connectivity index (χ3n) is 6.25. The topological polar surface area (TPSA) is 96.7 Å². The fourth-order valence-electron chi connectivity index (χ4n) is 4.80. The van der Waals surface area contributed by atoms with Gasteiger partial charge in [-0.25, -0.2) is 14.4 Å². The van der Waals surface area contributed by atoms with E-state index < -0.39 is 10.7 Å². The van der Waals surface area contributed by atoms with Gasteiger partial charge >= 0.3 is 0 Å². The molecule has 2 aromatic heterocycles. The Morgan fingerprint density at radius 3 is 2.79 bits per heavy atom. The van der Waals surface area contributed by atoms with Crippen LogP contribution in [0.4, 0.5) is 15.9 Å². The van der Waals surface area contributed by atoms with E-state index in [-0.39, 0.29) is 17.5 Å². The molecule has 1 aromatic carbocycles. The SMILES string of the molecule is O=[N+]([O-])c1cccc2c(-c3ncc(F)c(NC4CC5CCC4CC5)n3)c[nH]c12. The first-order valence-corrected chi connectivity index (χ1v) is 9.64. The van der Waals surface area contributed by atoms with Gasteiger partial charge in [0, 0.05) is 29.3 Å². The molecule has 0 aliphatic heterocycles. The van der Waals surface area contributed by atoms with Crippen molar-refractivity contribution in [1.82, 2.24) is 15.0 Å². The number of fused-ring (bicyclic) bond motifs is 4. The van der Waals surface area contributed by atoms with E-state index in [1.54, 1.807) is 18.3 Å². The Morgan fingerprint density at radius 2 is 2.07 bits per heavy atom. The van der Waals surface area contributed by atoms with E-state index in [1.807, 2.05) is 0 Å². The maximum Gasteiger partial charge on any atom is 0.293 e. The standard InChI is InChI=1S/C20H20FN5O2/c21-15-10-23-19(14-9-22-18-13(14)2-1-3-17(18)26(27)28)25-20(15)24-16-8-11-4-6-12(16)7-5-11/h1-3,9-12,16,22H,4-8H2,(H,23,24,25). The van der Waals surface area contributed by atoms with Crippen LogP contribution in [0, 0.1) is 27.8 Å². The van der Waals surface area contributed by atoms with Gasteiger partial charge in [-0.3, -0.25) is 10.1 Å². The third-order valence-corrected chi connectivity index (χ3v) is 6.25. The number of para-hydroxylation sites is 1. The van der Waals surface area contributed by atoms with Crippen molar-refractivity contribution in [3.05, 3.63) is 46.5 Å². The molecule has 3 aliphatic carbocycles. The molecule has 2 N–H and O–H groups in total. The summed E-state index contributed by atoms with van der Waals surface area (Å²) in [5.41, 5.74) is 1.02. The Hall–Kier alpha value is -3.03. The van der Waals surface area contributed by atoms with Crippen LogP contribution in [0.25, 0.3) is 22.3 Å². The first-order chi connectivity index (χ1) is 13.6. The van der Waals surface area contributed by atoms with Crippen molar-refractivity contribution in [1.29, 1.82) is 0 Å². The smallest absolute Gasteiger partial charge is 0.293 e. The number of benzene rings is 1. The molecule has 2 bridgehead atoms. The number of hydrogen-bond donors (Lipinski definition) is 2. The third kappa shape index (κ3) is 2.80. The number of non-ortho nitro benzene ring substituents is 1. The van der Waals surface area contributed by atoms with Crippen LogP contribution in [0.2, 0.25) is 0 Å². The Kier molecular flexibility index (Phi) is 3.99. The number of H-pyrrole nitrogens is 1. The highest BCUT2D eigenvalue weighted by atomic mass is 19.1. The Bertz CT molecular complexity index is 1060. The number of rotatable bonds is 4. The van der Waals surface area contributed by atoms with Crippen LogP contribution in [0.3, 0.4) is 0 Å². The quantitative estimate of drug-likeness (QED) is 0.506. The van der Waals surface area contributed by atoms with Crippen LogP contribution in [-0.2, 0) is 0 Å². The number of aromatic amines is 1. The number of hydrogen-bond acceptors (Lipinski definition) is 5. The van der Waals surface area contributed by atoms with Crippen LogP contribution < -0.4 is 5.32 Å². The summed E-state index contributed by atoms with van der Waals surface area (Å²) in [6, 6.07) is 5.08. The average molecular weight is 381 g/mol. The van der Waals surface area contributed by atoms with Crippen LogP contribution in [0.5, 0.6) is 0 Å². The fourth-order valence-corrected chi connectivity index (χ4v) is 4.80. The lowest BCUT2D eigenvalue weighted by Crippen LogP contribution is -2.40. The van der Waals surface area contributed by atoms with Crippen molar-refractivity contribution in [3.63, 3.8) is 0 Å². The molecule has 1 atom stereocenters. The molecule has 0 spiro atoms. The lowest BCUT2D eigenvalue weighted by molar-refractivity contribution is -0.383. The summed E-state index contributed by atoms with van der Waals surface area (Å²) >= 11 is 0. The molecule has 0 amide bonds. The molecule has 3 aromatic rings. The maximum atomic E-state index is 14.4. The minimum absolute atomic E-state index is 0.0116. The summed E-state index contributed by atoms with van der Waals surface area (Å²) in [5, 5.41) is 15.2. The minimum Gasteiger partial charge on any atom is -0.364 e. The van der Waals surface area contributed by atoms with Crippen molar-refractivity contribution >= 4 is 22.4 Å². The molecule has 3 aliphatic rings. The summed E-state index contributed by atoms with van der Waals surface area (Å²) in [4.78, 5) is 22.3. The van der Waals surface area contributed by atoms with Crippen molar-refractivity contribution in [2.24, 2.45) is 11.8 Å². The molecule has 3 saturated carbocycles. The van der Waals surface area contributed by atoms with Crippen LogP contribution in [0.15, 0.2) is 30.6 Å². The van der Waals surface area contributed by atoms with E-state index in [1.165, 1.54) is 37.9 Å². The molecular formula is C20H20FN5O2. The number of halogens is 1. The molecule has 0 saturated heterocycles. The molecule has 1 unspecified atom stereocenters. The number of nitro groups is 1. The summed E-state index contributed by atoms with van der Waals surface area (Å²) < 4.78 is 14.4. The second kappa shape index (κ2) is 6.54. The number of aromatic nitrogens is 3. The van der Waals surface area contributed by atoms with E-state index in [4.69, 9.17) is 0 Å². The largest absolute Gasteiger partial charge is 0.364 e. The Morgan fingerprint density at radius 1 is 1.25 bits per heavy atom. The van der Waals surface area contributed by atoms with Crippen molar-refractivity contribution in [2.45, 2.75) is 38.1 Å². The molecule has 8 heteroatoms. The first-order valence-electron chi connectivity index (χ1n) is 9.64. The summed E-state index contributed by atoms with van der Waals surface area (Å²) in [6.45, 7) is 0. The van der Waals surface area contributed by atoms with E-state index in [0.29, 0.717) is 28.2 Å². The number of nitrogens with zero attached hydrogens (tertiary/aromatic N) is 3. The second-order valence-electron chi connectivity index (χ2n) is 7.82. The zero-order chi connectivity index (χ0) is 19.3. The minimum atomic E-state index is -0.476. The maximum absolute atomic E-state index is 14.4. The lowest BCUT2D eigenvalue weighted by atomic mass is 9.68. The highest BCUT2D eigenvalue weighted by Gasteiger charge is 2.36. The molecule has 2 heterocycles. The van der Waals surface area contributed by atoms with Gasteiger partial charge in [-0.2, -0.15) is 0 Å². The summed E-state index contributed by atoms with van der Waals surface area (Å²) in [7, 11) is 0. The molecule has 28 heavy (non-hydrogen) atoms. The number of nitrogens with one attached hydrogen (secondary N) is 2. The highest BCUT2D eigenvalue weighted by Crippen LogP contribution is 2.42. The van der Waals surface area contributed by atoms with Gasteiger partial charge in [-0.15, -0.1) is 0 Å². The molecule has 144 valence electrons. The predicted molar refractivity (Wildman–Crippen MR) is 103 cm³/mol. The van der Waals surface area contributed by atoms with Gasteiger partial charge < -0.3 is 10.3 Å². The monoisotopic (exact) mass is 381 g/mol. The van der Waals surface area contributed by atoms with E-state index >= 15 is 0 Å². The number of nitro benzene ring substituents is 1. The van der Waals surface area contributed by atoms with Gasteiger partial charge in [0.1, 0.15) is 5.52 Å². The predicted octanol–water partition coefficient (Wildman–Crippen LogP) is 4.66. The van der Waals surface area contributed by atoms with E-state index in [0.717, 1.165) is 12.3 Å². The highest BCUT2D eigenvalue weighted by molar-refractivity contribution is 5.98. The van der Waals surface area contributed by atoms with Crippen LogP contribution in [0.1, 0.15) is 32.1 Å². The Labute approximate surface area is 160 Å². The van der Waals surface area contributed by atoms with Gasteiger partial charge in [0.15, 0.2) is 17.5 Å². The van der Waals surface area contributed by atoms with Gasteiger partial charge in [0.05, 0.1) is 11.1 Å². The lowest BCUT2D eigenvalue weighted by Gasteiger charge is -2.42. The van der Waals surface area contributed by atoms with Crippen LogP contribution >= 0.6 is 0 Å². The Balaban J connectivity index is 1.50. The molecule has 7 nitrogen and oxygen atoms in total. The van der Waals surface area contributed by atoms with Gasteiger partial charge in [-0.05, 0) is 31.1 Å². The molecule has 3 fully saturated rings. The van der Waals surface area contributed by atoms with Gasteiger partial charge in [0.2, 0.25) is 0 Å². The summed E-state index contributed by atoms with van der Waals surface area (Å²) in [5.74, 6) is 1.37. The number of anilines is 1. The van der Waals surface area contributed by atoms with Crippen molar-refractivity contribution in [3.8, 4) is 11.4 Å². The van der Waals surface area contributed by atoms with Gasteiger partial charge in [-0.1, -0.05) is 25.0 Å². The van der Waals surface area contributed by atoms with E-state index in [2.05, 4.69) is 20.3 Å². The average Bonchev–Trinajstić information content (AvgIpc) is 3.14. The zero-order valence-corrected chi connectivity index (χ0v) is 15.2. The first kappa shape index (κ1) is 17.1.